The largest absolute Gasteiger partial charge is 0.487 e. The molecular formula is C56H80O12. The van der Waals surface area contributed by atoms with Crippen molar-refractivity contribution in [2.24, 2.45) is 0 Å². The van der Waals surface area contributed by atoms with Gasteiger partial charge in [-0.3, -0.25) is 0 Å². The molecule has 0 aromatic heterocycles. The van der Waals surface area contributed by atoms with Crippen molar-refractivity contribution in [2.45, 2.75) is 105 Å². The fourth-order valence-corrected chi connectivity index (χ4v) is 6.92. The molecule has 2 aliphatic heterocycles. The van der Waals surface area contributed by atoms with Crippen LogP contribution in [0, 0.1) is 0 Å². The molecule has 0 atom stereocenters. The molecule has 0 unspecified atom stereocenters. The Labute approximate surface area is 407 Å². The minimum Gasteiger partial charge on any atom is -0.487 e. The van der Waals surface area contributed by atoms with Gasteiger partial charge in [0.15, 0.2) is 46.0 Å². The first-order valence-corrected chi connectivity index (χ1v) is 24.2. The molecule has 2 heterocycles. The Hall–Kier alpha value is -4.88. The van der Waals surface area contributed by atoms with E-state index >= 15 is 0 Å². The summed E-state index contributed by atoms with van der Waals surface area (Å²) in [6.45, 7) is 33.2. The Morgan fingerprint density at radius 3 is 0.544 bits per heavy atom. The van der Waals surface area contributed by atoms with E-state index in [2.05, 4.69) is 119 Å². The molecule has 0 fully saturated rings. The lowest BCUT2D eigenvalue weighted by Crippen LogP contribution is -2.17. The second-order valence-corrected chi connectivity index (χ2v) is 20.9. The number of benzene rings is 4. The van der Waals surface area contributed by atoms with E-state index in [1.165, 1.54) is 22.3 Å². The van der Waals surface area contributed by atoms with Crippen LogP contribution in [0.4, 0.5) is 0 Å². The number of hydrogen-bond acceptors (Lipinski definition) is 12. The van der Waals surface area contributed by atoms with Crippen LogP contribution in [0.3, 0.4) is 0 Å². The first kappa shape index (κ1) is 54.1. The van der Waals surface area contributed by atoms with E-state index in [-0.39, 0.29) is 21.7 Å². The molecular weight excluding hydrogens is 865 g/mol. The van der Waals surface area contributed by atoms with E-state index in [9.17, 15) is 0 Å². The molecule has 4 aromatic carbocycles. The van der Waals surface area contributed by atoms with Gasteiger partial charge in [-0.05, 0) is 92.4 Å². The third-order valence-corrected chi connectivity index (χ3v) is 11.1. The van der Waals surface area contributed by atoms with Crippen molar-refractivity contribution in [3.8, 4) is 46.0 Å². The monoisotopic (exact) mass is 945 g/mol. The summed E-state index contributed by atoms with van der Waals surface area (Å²) in [7, 11) is 0. The minimum atomic E-state index is 0.0184. The van der Waals surface area contributed by atoms with Gasteiger partial charge in [-0.15, -0.1) is 0 Å². The summed E-state index contributed by atoms with van der Waals surface area (Å²) in [5, 5.41) is 0. The molecule has 0 spiro atoms. The van der Waals surface area contributed by atoms with Crippen molar-refractivity contribution in [1.29, 1.82) is 0 Å². The fourth-order valence-electron chi connectivity index (χ4n) is 6.92. The van der Waals surface area contributed by atoms with E-state index < -0.39 is 0 Å². The van der Waals surface area contributed by atoms with Gasteiger partial charge in [-0.2, -0.15) is 0 Å². The van der Waals surface area contributed by atoms with Crippen LogP contribution in [0.5, 0.6) is 46.0 Å². The summed E-state index contributed by atoms with van der Waals surface area (Å²) in [4.78, 5) is 0. The lowest BCUT2D eigenvalue weighted by atomic mass is 9.87. The van der Waals surface area contributed by atoms with Crippen molar-refractivity contribution in [2.75, 3.05) is 106 Å². The van der Waals surface area contributed by atoms with E-state index in [0.717, 1.165) is 23.0 Å². The zero-order chi connectivity index (χ0) is 49.2. The van der Waals surface area contributed by atoms with Crippen molar-refractivity contribution in [1.82, 2.24) is 0 Å². The summed E-state index contributed by atoms with van der Waals surface area (Å²) >= 11 is 0. The first-order chi connectivity index (χ1) is 32.3. The summed E-state index contributed by atoms with van der Waals surface area (Å²) in [5.74, 6) is 5.73. The number of ether oxygens (including phenoxy) is 12. The Morgan fingerprint density at radius 2 is 0.382 bits per heavy atom. The van der Waals surface area contributed by atoms with Crippen LogP contribution in [0.15, 0.2) is 72.8 Å². The van der Waals surface area contributed by atoms with Crippen LogP contribution in [0.1, 0.15) is 105 Å². The Bertz CT molecular complexity index is 1970. The van der Waals surface area contributed by atoms with Gasteiger partial charge in [0.25, 0.3) is 0 Å². The third kappa shape index (κ3) is 17.9. The number of hydrogen-bond donors (Lipinski definition) is 0. The van der Waals surface area contributed by atoms with Gasteiger partial charge in [0.2, 0.25) is 0 Å². The summed E-state index contributed by atoms with van der Waals surface area (Å²) in [5.41, 5.74) is 4.83. The van der Waals surface area contributed by atoms with Gasteiger partial charge in [-0.25, -0.2) is 0 Å². The fraction of sp³-hybridized carbons (Fsp3) is 0.571. The highest BCUT2D eigenvalue weighted by molar-refractivity contribution is 5.47. The highest BCUT2D eigenvalue weighted by Crippen LogP contribution is 2.37. The Kier molecular flexibility index (Phi) is 20.4. The predicted molar refractivity (Wildman–Crippen MR) is 268 cm³/mol. The molecule has 0 amide bonds. The normalized spacial score (nSPS) is 16.9. The zero-order valence-corrected chi connectivity index (χ0v) is 43.1. The maximum Gasteiger partial charge on any atom is 0.161 e. The maximum atomic E-state index is 6.03. The van der Waals surface area contributed by atoms with Crippen LogP contribution in [-0.4, -0.2) is 106 Å². The standard InChI is InChI=1S/2C28H40O6/c1-27(2,3)21-7-9-23-25(19-21)33-17-13-29-12-16-32-24-10-8-22(28(4,5)6)20-26(24)34-18-14-30-11-15-31-23;1-27(2,3)21-7-9-23-25(19-21)33-17-13-30-14-18-34-26-20-22(28(4,5)6)8-10-24(26)32-16-12-29-11-15-31-23/h2*7-10,19-20H,11-18H2,1-6H3. The molecule has 6 rings (SSSR count). The van der Waals surface area contributed by atoms with Gasteiger partial charge >= 0.3 is 0 Å². The molecule has 0 radical (unpaired) electrons. The van der Waals surface area contributed by atoms with E-state index in [4.69, 9.17) is 56.8 Å². The van der Waals surface area contributed by atoms with E-state index in [1.807, 2.05) is 36.4 Å². The maximum absolute atomic E-state index is 6.03. The molecule has 4 aromatic rings. The molecule has 2 aliphatic rings. The van der Waals surface area contributed by atoms with Crippen LogP contribution in [0.2, 0.25) is 0 Å². The Balaban J connectivity index is 0.000000254. The van der Waals surface area contributed by atoms with Gasteiger partial charge < -0.3 is 56.8 Å². The summed E-state index contributed by atoms with van der Waals surface area (Å²) in [6, 6.07) is 24.4. The van der Waals surface area contributed by atoms with Crippen LogP contribution in [-0.2, 0) is 40.6 Å². The van der Waals surface area contributed by atoms with E-state index in [1.54, 1.807) is 0 Å². The smallest absolute Gasteiger partial charge is 0.161 e. The van der Waals surface area contributed by atoms with E-state index in [0.29, 0.717) is 129 Å². The second-order valence-electron chi connectivity index (χ2n) is 20.9. The highest BCUT2D eigenvalue weighted by Gasteiger charge is 2.21. The van der Waals surface area contributed by atoms with Crippen LogP contribution >= 0.6 is 0 Å². The molecule has 0 saturated carbocycles. The average molecular weight is 945 g/mol. The topological polar surface area (TPSA) is 111 Å². The summed E-state index contributed by atoms with van der Waals surface area (Å²) < 4.78 is 70.8. The lowest BCUT2D eigenvalue weighted by molar-refractivity contribution is 0.0639. The summed E-state index contributed by atoms with van der Waals surface area (Å²) in [6.07, 6.45) is 0. The molecule has 376 valence electrons. The molecule has 12 heteroatoms. The number of fused-ring (bicyclic) bond motifs is 4. The van der Waals surface area contributed by atoms with Gasteiger partial charge in [0.1, 0.15) is 52.9 Å². The number of rotatable bonds is 0. The molecule has 0 aliphatic carbocycles. The highest BCUT2D eigenvalue weighted by atomic mass is 16.6. The molecule has 0 saturated heterocycles. The lowest BCUT2D eigenvalue weighted by Gasteiger charge is -2.22. The van der Waals surface area contributed by atoms with Crippen molar-refractivity contribution in [3.05, 3.63) is 95.1 Å². The second kappa shape index (κ2) is 25.6. The average Bonchev–Trinajstić information content (AvgIpc) is 3.27. The quantitative estimate of drug-likeness (QED) is 0.167. The van der Waals surface area contributed by atoms with Gasteiger partial charge in [0.05, 0.1) is 52.9 Å². The van der Waals surface area contributed by atoms with Crippen molar-refractivity contribution >= 4 is 0 Å². The Morgan fingerprint density at radius 1 is 0.221 bits per heavy atom. The van der Waals surface area contributed by atoms with Crippen molar-refractivity contribution in [3.63, 3.8) is 0 Å². The predicted octanol–water partition coefficient (Wildman–Crippen LogP) is 11.1. The molecule has 0 bridgehead atoms. The molecule has 0 N–H and O–H groups in total. The van der Waals surface area contributed by atoms with Crippen molar-refractivity contribution < 1.29 is 56.8 Å². The minimum absolute atomic E-state index is 0.0184. The van der Waals surface area contributed by atoms with Gasteiger partial charge in [-0.1, -0.05) is 107 Å². The van der Waals surface area contributed by atoms with Gasteiger partial charge in [0, 0.05) is 0 Å². The van der Waals surface area contributed by atoms with Crippen LogP contribution in [0.25, 0.3) is 0 Å². The van der Waals surface area contributed by atoms with Crippen LogP contribution < -0.4 is 37.9 Å². The zero-order valence-electron chi connectivity index (χ0n) is 43.1. The molecule has 12 nitrogen and oxygen atoms in total. The third-order valence-electron chi connectivity index (χ3n) is 11.1. The molecule has 68 heavy (non-hydrogen) atoms. The SMILES string of the molecule is CC(C)(C)c1ccc2c(c1)OCCOCCOc1cc(C(C)(C)C)ccc1OCCOCCO2.CC(C)(C)c1ccc2c(c1)OCCOCCOc1ccc(C(C)(C)C)cc1OCCOCCO2. The first-order valence-electron chi connectivity index (χ1n) is 24.2.